The van der Waals surface area contributed by atoms with Crippen molar-refractivity contribution in [1.82, 2.24) is 10.2 Å². The number of nitrogens with zero attached hydrogens (tertiary/aromatic N) is 1. The summed E-state index contributed by atoms with van der Waals surface area (Å²) in [6.45, 7) is 6.86. The molecule has 6 heteroatoms. The van der Waals surface area contributed by atoms with Gasteiger partial charge in [-0.15, -0.1) is 36.2 Å². The van der Waals surface area contributed by atoms with Crippen LogP contribution in [0.3, 0.4) is 0 Å². The molecule has 1 aliphatic heterocycles. The maximum atomic E-state index is 3.64. The highest BCUT2D eigenvalue weighted by atomic mass is 79.9. The minimum atomic E-state index is 0. The molecule has 2 heterocycles. The SMILES string of the molecule is CC[C@@H](c1sccc1Br)N1CCNCC1.Cl.Cl. The first-order valence-electron chi connectivity index (χ1n) is 5.50. The van der Waals surface area contributed by atoms with Gasteiger partial charge in [-0.3, -0.25) is 4.90 Å². The summed E-state index contributed by atoms with van der Waals surface area (Å²) in [6, 6.07) is 2.76. The lowest BCUT2D eigenvalue weighted by atomic mass is 10.1. The van der Waals surface area contributed by atoms with Crippen LogP contribution in [0.4, 0.5) is 0 Å². The van der Waals surface area contributed by atoms with Gasteiger partial charge in [-0.25, -0.2) is 0 Å². The monoisotopic (exact) mass is 360 g/mol. The molecule has 0 bridgehead atoms. The molecule has 100 valence electrons. The van der Waals surface area contributed by atoms with E-state index in [1.165, 1.54) is 28.9 Å². The average Bonchev–Trinajstić information content (AvgIpc) is 2.68. The van der Waals surface area contributed by atoms with Crippen molar-refractivity contribution in [3.8, 4) is 0 Å². The van der Waals surface area contributed by atoms with Crippen molar-refractivity contribution < 1.29 is 0 Å². The summed E-state index contributed by atoms with van der Waals surface area (Å²) >= 11 is 5.51. The third kappa shape index (κ3) is 4.37. The molecule has 0 spiro atoms. The van der Waals surface area contributed by atoms with Crippen LogP contribution in [0.15, 0.2) is 15.9 Å². The van der Waals surface area contributed by atoms with Crippen LogP contribution in [0.1, 0.15) is 24.3 Å². The van der Waals surface area contributed by atoms with Crippen LogP contribution in [0.2, 0.25) is 0 Å². The van der Waals surface area contributed by atoms with Crippen molar-refractivity contribution in [3.05, 3.63) is 20.8 Å². The predicted octanol–water partition coefficient (Wildman–Crippen LogP) is 3.71. The highest BCUT2D eigenvalue weighted by Gasteiger charge is 2.22. The summed E-state index contributed by atoms with van der Waals surface area (Å²) in [4.78, 5) is 4.08. The summed E-state index contributed by atoms with van der Waals surface area (Å²) in [5.41, 5.74) is 0. The zero-order valence-corrected chi connectivity index (χ0v) is 13.9. The van der Waals surface area contributed by atoms with E-state index >= 15 is 0 Å². The van der Waals surface area contributed by atoms with E-state index in [1.807, 2.05) is 11.3 Å². The van der Waals surface area contributed by atoms with E-state index in [2.05, 4.69) is 44.5 Å². The first-order valence-corrected chi connectivity index (χ1v) is 7.18. The van der Waals surface area contributed by atoms with Crippen molar-refractivity contribution in [2.45, 2.75) is 19.4 Å². The van der Waals surface area contributed by atoms with E-state index in [1.54, 1.807) is 0 Å². The molecule has 1 aromatic heterocycles. The Morgan fingerprint density at radius 2 is 2.06 bits per heavy atom. The zero-order chi connectivity index (χ0) is 10.7. The van der Waals surface area contributed by atoms with Gasteiger partial charge in [-0.2, -0.15) is 0 Å². The zero-order valence-electron chi connectivity index (χ0n) is 9.82. The molecule has 1 N–H and O–H groups in total. The number of piperazine rings is 1. The summed E-state index contributed by atoms with van der Waals surface area (Å²) in [5, 5.41) is 5.57. The molecule has 17 heavy (non-hydrogen) atoms. The van der Waals surface area contributed by atoms with Crippen LogP contribution < -0.4 is 5.32 Å². The van der Waals surface area contributed by atoms with Gasteiger partial charge >= 0.3 is 0 Å². The van der Waals surface area contributed by atoms with Crippen LogP contribution in [-0.2, 0) is 0 Å². The summed E-state index contributed by atoms with van der Waals surface area (Å²) in [7, 11) is 0. The molecule has 1 aliphatic rings. The minimum absolute atomic E-state index is 0. The van der Waals surface area contributed by atoms with Crippen molar-refractivity contribution in [2.75, 3.05) is 26.2 Å². The molecular weight excluding hydrogens is 343 g/mol. The van der Waals surface area contributed by atoms with E-state index in [0.717, 1.165) is 13.1 Å². The Balaban J connectivity index is 0.00000128. The van der Waals surface area contributed by atoms with Gasteiger partial charge in [-0.05, 0) is 33.8 Å². The fourth-order valence-corrected chi connectivity index (χ4v) is 4.00. The minimum Gasteiger partial charge on any atom is -0.314 e. The molecule has 2 rings (SSSR count). The smallest absolute Gasteiger partial charge is 0.0451 e. The van der Waals surface area contributed by atoms with Crippen molar-refractivity contribution in [3.63, 3.8) is 0 Å². The Labute approximate surface area is 128 Å². The molecule has 0 aliphatic carbocycles. The maximum absolute atomic E-state index is 3.64. The first kappa shape index (κ1) is 17.7. The van der Waals surface area contributed by atoms with Gasteiger partial charge < -0.3 is 5.32 Å². The number of hydrogen-bond donors (Lipinski definition) is 1. The number of halogens is 3. The third-order valence-electron chi connectivity index (χ3n) is 2.93. The first-order chi connectivity index (χ1) is 7.33. The van der Waals surface area contributed by atoms with Crippen molar-refractivity contribution in [2.24, 2.45) is 0 Å². The van der Waals surface area contributed by atoms with Crippen LogP contribution >= 0.6 is 52.1 Å². The lowest BCUT2D eigenvalue weighted by Gasteiger charge is -2.34. The highest BCUT2D eigenvalue weighted by Crippen LogP contribution is 2.34. The van der Waals surface area contributed by atoms with Gasteiger partial charge in [0.15, 0.2) is 0 Å². The summed E-state index contributed by atoms with van der Waals surface area (Å²) in [5.74, 6) is 0. The normalized spacial score (nSPS) is 18.0. The van der Waals surface area contributed by atoms with Gasteiger partial charge in [0.05, 0.1) is 0 Å². The molecule has 0 radical (unpaired) electrons. The molecule has 1 atom stereocenters. The van der Waals surface area contributed by atoms with E-state index in [9.17, 15) is 0 Å². The lowest BCUT2D eigenvalue weighted by molar-refractivity contribution is 0.171. The molecule has 2 nitrogen and oxygen atoms in total. The molecule has 1 saturated heterocycles. The second-order valence-corrected chi connectivity index (χ2v) is 5.64. The molecule has 0 unspecified atom stereocenters. The van der Waals surface area contributed by atoms with Crippen molar-refractivity contribution >= 4 is 52.1 Å². The topological polar surface area (TPSA) is 15.3 Å². The van der Waals surface area contributed by atoms with Gasteiger partial charge in [0.1, 0.15) is 0 Å². The molecule has 0 saturated carbocycles. The standard InChI is InChI=1S/C11H17BrN2S.2ClH/c1-2-10(11-9(12)3-8-15-11)14-6-4-13-5-7-14;;/h3,8,10,13H,2,4-7H2,1H3;2*1H/t10-;;/m0../s1. The number of nitrogens with one attached hydrogen (secondary N) is 1. The second-order valence-electron chi connectivity index (χ2n) is 3.84. The quantitative estimate of drug-likeness (QED) is 0.882. The van der Waals surface area contributed by atoms with E-state index in [-0.39, 0.29) is 24.8 Å². The molecule has 1 fully saturated rings. The average molecular weight is 362 g/mol. The predicted molar refractivity (Wildman–Crippen MR) is 84.0 cm³/mol. The van der Waals surface area contributed by atoms with E-state index in [0.29, 0.717) is 6.04 Å². The summed E-state index contributed by atoms with van der Waals surface area (Å²) in [6.07, 6.45) is 1.19. The lowest BCUT2D eigenvalue weighted by Crippen LogP contribution is -2.44. The number of rotatable bonds is 3. The number of hydrogen-bond acceptors (Lipinski definition) is 3. The summed E-state index contributed by atoms with van der Waals surface area (Å²) < 4.78 is 1.28. The Bertz CT molecular complexity index is 316. The van der Waals surface area contributed by atoms with E-state index < -0.39 is 0 Å². The second kappa shape index (κ2) is 8.73. The van der Waals surface area contributed by atoms with Crippen molar-refractivity contribution in [1.29, 1.82) is 0 Å². The Morgan fingerprint density at radius 1 is 1.41 bits per heavy atom. The fourth-order valence-electron chi connectivity index (χ4n) is 2.15. The van der Waals surface area contributed by atoms with Crippen LogP contribution in [0, 0.1) is 0 Å². The van der Waals surface area contributed by atoms with Gasteiger partial charge in [-0.1, -0.05) is 6.92 Å². The fraction of sp³-hybridized carbons (Fsp3) is 0.636. The third-order valence-corrected chi connectivity index (χ3v) is 4.90. The van der Waals surface area contributed by atoms with E-state index in [4.69, 9.17) is 0 Å². The Morgan fingerprint density at radius 3 is 2.53 bits per heavy atom. The molecule has 0 amide bonds. The highest BCUT2D eigenvalue weighted by molar-refractivity contribution is 9.10. The van der Waals surface area contributed by atoms with Gasteiger partial charge in [0.25, 0.3) is 0 Å². The molecular formula is C11H19BrCl2N2S. The van der Waals surface area contributed by atoms with Crippen LogP contribution in [-0.4, -0.2) is 31.1 Å². The Hall–Kier alpha value is 0.680. The Kier molecular flexibility index (Phi) is 9.07. The number of thiophene rings is 1. The van der Waals surface area contributed by atoms with Gasteiger partial charge in [0.2, 0.25) is 0 Å². The largest absolute Gasteiger partial charge is 0.314 e. The van der Waals surface area contributed by atoms with Crippen LogP contribution in [0.5, 0.6) is 0 Å². The van der Waals surface area contributed by atoms with Gasteiger partial charge in [0, 0.05) is 41.6 Å². The molecule has 1 aromatic rings. The molecule has 0 aromatic carbocycles. The van der Waals surface area contributed by atoms with Crippen LogP contribution in [0.25, 0.3) is 0 Å². The maximum Gasteiger partial charge on any atom is 0.0451 e.